The lowest BCUT2D eigenvalue weighted by Crippen LogP contribution is -2.30. The first-order valence-electron chi connectivity index (χ1n) is 7.27. The zero-order chi connectivity index (χ0) is 17.7. The fourth-order valence-electron chi connectivity index (χ4n) is 1.95. The molecule has 24 heavy (non-hydrogen) atoms. The minimum Gasteiger partial charge on any atom is -0.495 e. The lowest BCUT2D eigenvalue weighted by atomic mass is 10.2. The summed E-state index contributed by atoms with van der Waals surface area (Å²) < 4.78 is 10.5. The lowest BCUT2D eigenvalue weighted by molar-refractivity contribution is 0.0937. The van der Waals surface area contributed by atoms with Crippen LogP contribution in [0.5, 0.6) is 11.5 Å². The van der Waals surface area contributed by atoms with Gasteiger partial charge in [0.15, 0.2) is 11.5 Å². The number of halogens is 1. The Morgan fingerprint density at radius 3 is 2.38 bits per heavy atom. The van der Waals surface area contributed by atoms with Gasteiger partial charge in [-0.3, -0.25) is 4.79 Å². The maximum Gasteiger partial charge on any atom is 0.271 e. The van der Waals surface area contributed by atoms with E-state index < -0.39 is 0 Å². The molecule has 2 N–H and O–H groups in total. The summed E-state index contributed by atoms with van der Waals surface area (Å²) in [6.07, 6.45) is 0. The van der Waals surface area contributed by atoms with Gasteiger partial charge in [-0.25, -0.2) is 0 Å². The maximum absolute atomic E-state index is 11.9. The molecule has 0 unspecified atom stereocenters. The van der Waals surface area contributed by atoms with Crippen molar-refractivity contribution in [2.24, 2.45) is 0 Å². The predicted molar refractivity (Wildman–Crippen MR) is 92.5 cm³/mol. The minimum atomic E-state index is -0.269. The number of rotatable bonds is 6. The van der Waals surface area contributed by atoms with Crippen LogP contribution in [0, 0.1) is 0 Å². The molecule has 0 aliphatic heterocycles. The van der Waals surface area contributed by atoms with Gasteiger partial charge in [-0.05, 0) is 26.0 Å². The number of methoxy groups -OCH3 is 2. The molecule has 0 radical (unpaired) electrons. The molecule has 0 bridgehead atoms. The smallest absolute Gasteiger partial charge is 0.271 e. The van der Waals surface area contributed by atoms with E-state index in [1.165, 1.54) is 14.2 Å². The van der Waals surface area contributed by atoms with Gasteiger partial charge in [0.05, 0.1) is 24.9 Å². The number of carbonyl (C=O) groups excluding carboxylic acids is 1. The van der Waals surface area contributed by atoms with Gasteiger partial charge >= 0.3 is 0 Å². The van der Waals surface area contributed by atoms with Crippen LogP contribution in [0.1, 0.15) is 24.3 Å². The predicted octanol–water partition coefficient (Wildman–Crippen LogP) is 3.03. The summed E-state index contributed by atoms with van der Waals surface area (Å²) in [4.78, 5) is 11.9. The van der Waals surface area contributed by atoms with E-state index in [1.807, 2.05) is 13.8 Å². The van der Waals surface area contributed by atoms with E-state index in [9.17, 15) is 4.79 Å². The van der Waals surface area contributed by atoms with Crippen LogP contribution in [0.2, 0.25) is 5.02 Å². The highest BCUT2D eigenvalue weighted by atomic mass is 35.5. The summed E-state index contributed by atoms with van der Waals surface area (Å²) >= 11 is 6.08. The summed E-state index contributed by atoms with van der Waals surface area (Å²) in [6.45, 7) is 3.75. The Morgan fingerprint density at radius 1 is 1.12 bits per heavy atom. The molecular formula is C16H19ClN4O3. The first kappa shape index (κ1) is 17.8. The third-order valence-electron chi connectivity index (χ3n) is 3.05. The van der Waals surface area contributed by atoms with Crippen molar-refractivity contribution in [1.82, 2.24) is 15.5 Å². The van der Waals surface area contributed by atoms with E-state index in [0.29, 0.717) is 28.0 Å². The maximum atomic E-state index is 11.9. The van der Waals surface area contributed by atoms with Crippen molar-refractivity contribution >= 4 is 29.0 Å². The molecule has 8 heteroatoms. The molecule has 0 saturated heterocycles. The van der Waals surface area contributed by atoms with E-state index >= 15 is 0 Å². The van der Waals surface area contributed by atoms with Gasteiger partial charge in [-0.2, -0.15) is 0 Å². The van der Waals surface area contributed by atoms with Gasteiger partial charge in [-0.15, -0.1) is 10.2 Å². The highest BCUT2D eigenvalue weighted by molar-refractivity contribution is 6.32. The second-order valence-electron chi connectivity index (χ2n) is 5.24. The minimum absolute atomic E-state index is 0.0305. The van der Waals surface area contributed by atoms with Gasteiger partial charge in [0.1, 0.15) is 11.5 Å². The van der Waals surface area contributed by atoms with Crippen LogP contribution in [-0.2, 0) is 0 Å². The van der Waals surface area contributed by atoms with E-state index in [4.69, 9.17) is 21.1 Å². The van der Waals surface area contributed by atoms with Crippen molar-refractivity contribution in [2.45, 2.75) is 19.9 Å². The van der Waals surface area contributed by atoms with Crippen LogP contribution in [-0.4, -0.2) is 36.4 Å². The summed E-state index contributed by atoms with van der Waals surface area (Å²) in [5.41, 5.74) is 0.863. The van der Waals surface area contributed by atoms with E-state index in [0.717, 1.165) is 0 Å². The molecule has 0 fully saturated rings. The number of benzene rings is 1. The molecule has 7 nitrogen and oxygen atoms in total. The van der Waals surface area contributed by atoms with Crippen LogP contribution < -0.4 is 20.1 Å². The van der Waals surface area contributed by atoms with Crippen molar-refractivity contribution in [3.8, 4) is 11.5 Å². The van der Waals surface area contributed by atoms with Gasteiger partial charge in [0.2, 0.25) is 0 Å². The Hall–Kier alpha value is -2.54. The highest BCUT2D eigenvalue weighted by Crippen LogP contribution is 2.36. The van der Waals surface area contributed by atoms with Crippen molar-refractivity contribution in [3.05, 3.63) is 35.0 Å². The van der Waals surface area contributed by atoms with Crippen LogP contribution in [0.15, 0.2) is 24.3 Å². The molecule has 1 aromatic carbocycles. The Bertz CT molecular complexity index is 720. The van der Waals surface area contributed by atoms with E-state index in [-0.39, 0.29) is 17.6 Å². The lowest BCUT2D eigenvalue weighted by Gasteiger charge is -2.13. The number of ether oxygens (including phenoxy) is 2. The molecular weight excluding hydrogens is 332 g/mol. The number of hydrogen-bond acceptors (Lipinski definition) is 6. The highest BCUT2D eigenvalue weighted by Gasteiger charge is 2.12. The Morgan fingerprint density at radius 2 is 1.83 bits per heavy atom. The number of nitrogens with one attached hydrogen (secondary N) is 2. The number of hydrogen-bond donors (Lipinski definition) is 2. The number of carbonyl (C=O) groups is 1. The summed E-state index contributed by atoms with van der Waals surface area (Å²) in [5, 5.41) is 14.2. The van der Waals surface area contributed by atoms with Crippen molar-refractivity contribution in [3.63, 3.8) is 0 Å². The molecule has 0 aliphatic rings. The fraction of sp³-hybridized carbons (Fsp3) is 0.312. The summed E-state index contributed by atoms with van der Waals surface area (Å²) in [7, 11) is 3.06. The first-order chi connectivity index (χ1) is 11.4. The SMILES string of the molecule is COc1cc(Nc2ccc(C(=O)NC(C)C)nn2)c(OC)cc1Cl. The van der Waals surface area contributed by atoms with Crippen LogP contribution in [0.4, 0.5) is 11.5 Å². The molecule has 1 amide bonds. The molecule has 0 atom stereocenters. The Labute approximate surface area is 145 Å². The largest absolute Gasteiger partial charge is 0.495 e. The fourth-order valence-corrected chi connectivity index (χ4v) is 2.18. The van der Waals surface area contributed by atoms with Gasteiger partial charge in [0.25, 0.3) is 5.91 Å². The third-order valence-corrected chi connectivity index (χ3v) is 3.35. The van der Waals surface area contributed by atoms with Crippen LogP contribution in [0.3, 0.4) is 0 Å². The van der Waals surface area contributed by atoms with Crippen LogP contribution in [0.25, 0.3) is 0 Å². The summed E-state index contributed by atoms with van der Waals surface area (Å²) in [6, 6.07) is 6.61. The van der Waals surface area contributed by atoms with Crippen molar-refractivity contribution in [1.29, 1.82) is 0 Å². The Balaban J connectivity index is 2.21. The first-order valence-corrected chi connectivity index (χ1v) is 7.65. The standard InChI is InChI=1S/C16H19ClN4O3/c1-9(2)18-16(22)11-5-6-15(21-20-11)19-12-8-13(23-3)10(17)7-14(12)24-4/h5-9H,1-4H3,(H,18,22)(H,19,21). The van der Waals surface area contributed by atoms with Crippen molar-refractivity contribution < 1.29 is 14.3 Å². The molecule has 0 spiro atoms. The van der Waals surface area contributed by atoms with Crippen LogP contribution >= 0.6 is 11.6 Å². The average Bonchev–Trinajstić information content (AvgIpc) is 2.56. The molecule has 1 aromatic heterocycles. The van der Waals surface area contributed by atoms with E-state index in [1.54, 1.807) is 24.3 Å². The van der Waals surface area contributed by atoms with Crippen molar-refractivity contribution in [2.75, 3.05) is 19.5 Å². The molecule has 1 heterocycles. The monoisotopic (exact) mass is 350 g/mol. The van der Waals surface area contributed by atoms with Gasteiger partial charge in [0, 0.05) is 18.2 Å². The van der Waals surface area contributed by atoms with Gasteiger partial charge in [-0.1, -0.05) is 11.6 Å². The number of anilines is 2. The molecule has 2 aromatic rings. The van der Waals surface area contributed by atoms with Gasteiger partial charge < -0.3 is 20.1 Å². The molecule has 0 saturated carbocycles. The third kappa shape index (κ3) is 4.26. The quantitative estimate of drug-likeness (QED) is 0.833. The molecule has 0 aliphatic carbocycles. The second-order valence-corrected chi connectivity index (χ2v) is 5.65. The molecule has 128 valence electrons. The normalized spacial score (nSPS) is 10.4. The number of nitrogens with zero attached hydrogens (tertiary/aromatic N) is 2. The second kappa shape index (κ2) is 7.83. The molecule has 2 rings (SSSR count). The summed E-state index contributed by atoms with van der Waals surface area (Å²) in [5.74, 6) is 1.22. The zero-order valence-corrected chi connectivity index (χ0v) is 14.6. The Kier molecular flexibility index (Phi) is 5.81. The number of aromatic nitrogens is 2. The number of amides is 1. The average molecular weight is 351 g/mol. The van der Waals surface area contributed by atoms with E-state index in [2.05, 4.69) is 20.8 Å². The topological polar surface area (TPSA) is 85.4 Å². The zero-order valence-electron chi connectivity index (χ0n) is 13.9.